The number of halogens is 1. The van der Waals surface area contributed by atoms with Crippen molar-refractivity contribution in [2.75, 3.05) is 23.3 Å². The summed E-state index contributed by atoms with van der Waals surface area (Å²) in [4.78, 5) is 2.26. The molecule has 0 fully saturated rings. The third-order valence-electron chi connectivity index (χ3n) is 3.52. The first-order valence-electron chi connectivity index (χ1n) is 6.51. The van der Waals surface area contributed by atoms with Crippen LogP contribution in [-0.4, -0.2) is 13.1 Å². The number of anilines is 3. The van der Waals surface area contributed by atoms with Crippen molar-refractivity contribution in [2.24, 2.45) is 0 Å². The van der Waals surface area contributed by atoms with Crippen molar-refractivity contribution in [1.82, 2.24) is 0 Å². The van der Waals surface area contributed by atoms with Gasteiger partial charge in [0.05, 0.1) is 23.0 Å². The maximum absolute atomic E-state index is 9.08. The first-order valence-corrected chi connectivity index (χ1v) is 7.30. The second kappa shape index (κ2) is 5.18. The van der Waals surface area contributed by atoms with Crippen LogP contribution in [0.2, 0.25) is 0 Å². The Hall–Kier alpha value is -1.99. The van der Waals surface area contributed by atoms with E-state index in [1.54, 1.807) is 0 Å². The average molecular weight is 328 g/mol. The highest BCUT2D eigenvalue weighted by Gasteiger charge is 2.18. The van der Waals surface area contributed by atoms with Crippen LogP contribution in [0.15, 0.2) is 40.9 Å². The molecule has 0 bridgehead atoms. The number of nitriles is 1. The van der Waals surface area contributed by atoms with E-state index >= 15 is 0 Å². The lowest BCUT2D eigenvalue weighted by Crippen LogP contribution is -2.30. The second-order valence-corrected chi connectivity index (χ2v) is 5.71. The molecule has 0 spiro atoms. The van der Waals surface area contributed by atoms with Crippen LogP contribution in [0.4, 0.5) is 17.1 Å². The van der Waals surface area contributed by atoms with Crippen LogP contribution in [0.1, 0.15) is 11.1 Å². The normalized spacial score (nSPS) is 13.3. The number of hydrogen-bond donors (Lipinski definition) is 1. The summed E-state index contributed by atoms with van der Waals surface area (Å²) in [6.07, 6.45) is 0. The van der Waals surface area contributed by atoms with Crippen LogP contribution in [0.5, 0.6) is 0 Å². The highest BCUT2D eigenvalue weighted by molar-refractivity contribution is 9.10. The molecule has 0 amide bonds. The lowest BCUT2D eigenvalue weighted by molar-refractivity contribution is 0.925. The fraction of sp³-hybridized carbons (Fsp3) is 0.188. The minimum atomic E-state index is 0.686. The molecule has 3 nitrogen and oxygen atoms in total. The number of aryl methyl sites for hydroxylation is 1. The van der Waals surface area contributed by atoms with Gasteiger partial charge < -0.3 is 10.2 Å². The standard InChI is InChI=1S/C16H14BrN3/c1-11-8-13(3-4-14(11)17)20-7-6-19-15-5-2-12(10-18)9-16(15)20/h2-5,8-9,19H,6-7H2,1H3. The molecule has 1 heterocycles. The molecule has 100 valence electrons. The molecule has 2 aromatic carbocycles. The molecule has 0 atom stereocenters. The van der Waals surface area contributed by atoms with Crippen molar-refractivity contribution in [2.45, 2.75) is 6.92 Å². The molecular weight excluding hydrogens is 314 g/mol. The van der Waals surface area contributed by atoms with E-state index in [1.807, 2.05) is 18.2 Å². The van der Waals surface area contributed by atoms with E-state index in [9.17, 15) is 0 Å². The number of nitrogens with one attached hydrogen (secondary N) is 1. The smallest absolute Gasteiger partial charge is 0.0992 e. The second-order valence-electron chi connectivity index (χ2n) is 4.86. The molecule has 20 heavy (non-hydrogen) atoms. The molecule has 2 aromatic rings. The molecule has 1 N–H and O–H groups in total. The average Bonchev–Trinajstić information content (AvgIpc) is 2.49. The summed E-state index contributed by atoms with van der Waals surface area (Å²) >= 11 is 3.53. The van der Waals surface area contributed by atoms with Crippen LogP contribution >= 0.6 is 15.9 Å². The molecule has 1 aliphatic rings. The minimum Gasteiger partial charge on any atom is -0.382 e. The Balaban J connectivity index is 2.09. The van der Waals surface area contributed by atoms with Crippen LogP contribution in [0, 0.1) is 18.3 Å². The molecule has 0 aromatic heterocycles. The third-order valence-corrected chi connectivity index (χ3v) is 4.41. The largest absolute Gasteiger partial charge is 0.382 e. The number of nitrogens with zero attached hydrogens (tertiary/aromatic N) is 2. The molecule has 4 heteroatoms. The van der Waals surface area contributed by atoms with E-state index in [2.05, 4.69) is 57.3 Å². The van der Waals surface area contributed by atoms with E-state index in [0.717, 1.165) is 34.6 Å². The van der Waals surface area contributed by atoms with Crippen LogP contribution < -0.4 is 10.2 Å². The molecule has 0 unspecified atom stereocenters. The Morgan fingerprint density at radius 1 is 1.25 bits per heavy atom. The minimum absolute atomic E-state index is 0.686. The van der Waals surface area contributed by atoms with Gasteiger partial charge in [0, 0.05) is 23.2 Å². The summed E-state index contributed by atoms with van der Waals surface area (Å²) < 4.78 is 1.11. The van der Waals surface area contributed by atoms with Gasteiger partial charge in [-0.2, -0.15) is 5.26 Å². The number of fused-ring (bicyclic) bond motifs is 1. The Labute approximate surface area is 127 Å². The van der Waals surface area contributed by atoms with Gasteiger partial charge in [-0.3, -0.25) is 0 Å². The summed E-state index contributed by atoms with van der Waals surface area (Å²) in [6.45, 7) is 3.87. The lowest BCUT2D eigenvalue weighted by Gasteiger charge is -2.32. The summed E-state index contributed by atoms with van der Waals surface area (Å²) in [6, 6.07) is 14.3. The van der Waals surface area contributed by atoms with Gasteiger partial charge in [-0.1, -0.05) is 15.9 Å². The van der Waals surface area contributed by atoms with E-state index in [1.165, 1.54) is 5.56 Å². The first kappa shape index (κ1) is 13.0. The highest BCUT2D eigenvalue weighted by Crippen LogP contribution is 2.36. The zero-order chi connectivity index (χ0) is 14.1. The van der Waals surface area contributed by atoms with Gasteiger partial charge >= 0.3 is 0 Å². The van der Waals surface area contributed by atoms with E-state index < -0.39 is 0 Å². The Morgan fingerprint density at radius 2 is 2.10 bits per heavy atom. The van der Waals surface area contributed by atoms with Gasteiger partial charge in [-0.05, 0) is 48.9 Å². The lowest BCUT2D eigenvalue weighted by atomic mass is 10.1. The van der Waals surface area contributed by atoms with Gasteiger partial charge in [-0.25, -0.2) is 0 Å². The molecule has 0 radical (unpaired) electrons. The summed E-state index contributed by atoms with van der Waals surface area (Å²) in [7, 11) is 0. The zero-order valence-electron chi connectivity index (χ0n) is 11.2. The maximum Gasteiger partial charge on any atom is 0.0992 e. The molecule has 1 aliphatic heterocycles. The number of benzene rings is 2. The van der Waals surface area contributed by atoms with Gasteiger partial charge in [0.1, 0.15) is 0 Å². The Morgan fingerprint density at radius 3 is 2.85 bits per heavy atom. The molecule has 3 rings (SSSR count). The highest BCUT2D eigenvalue weighted by atomic mass is 79.9. The van der Waals surface area contributed by atoms with E-state index in [0.29, 0.717) is 5.56 Å². The summed E-state index contributed by atoms with van der Waals surface area (Å²) in [5.74, 6) is 0. The van der Waals surface area contributed by atoms with E-state index in [-0.39, 0.29) is 0 Å². The summed E-state index contributed by atoms with van der Waals surface area (Å²) in [5, 5.41) is 12.5. The van der Waals surface area contributed by atoms with Crippen molar-refractivity contribution in [3.63, 3.8) is 0 Å². The first-order chi connectivity index (χ1) is 9.69. The molecule has 0 saturated carbocycles. The predicted octanol–water partition coefficient (Wildman–Crippen LogP) is 4.19. The Kier molecular flexibility index (Phi) is 3.37. The van der Waals surface area contributed by atoms with Gasteiger partial charge in [0.15, 0.2) is 0 Å². The third kappa shape index (κ3) is 2.25. The molecular formula is C16H14BrN3. The summed E-state index contributed by atoms with van der Waals surface area (Å²) in [5.41, 5.74) is 5.20. The number of rotatable bonds is 1. The van der Waals surface area contributed by atoms with Crippen LogP contribution in [0.3, 0.4) is 0 Å². The van der Waals surface area contributed by atoms with E-state index in [4.69, 9.17) is 5.26 Å². The maximum atomic E-state index is 9.08. The zero-order valence-corrected chi connectivity index (χ0v) is 12.7. The van der Waals surface area contributed by atoms with Crippen LogP contribution in [0.25, 0.3) is 0 Å². The number of hydrogen-bond acceptors (Lipinski definition) is 3. The monoisotopic (exact) mass is 327 g/mol. The van der Waals surface area contributed by atoms with Gasteiger partial charge in [0.2, 0.25) is 0 Å². The van der Waals surface area contributed by atoms with Crippen molar-refractivity contribution in [1.29, 1.82) is 5.26 Å². The molecule has 0 saturated heterocycles. The molecule has 0 aliphatic carbocycles. The SMILES string of the molecule is Cc1cc(N2CCNc3ccc(C#N)cc32)ccc1Br. The van der Waals surface area contributed by atoms with Crippen molar-refractivity contribution in [3.8, 4) is 6.07 Å². The van der Waals surface area contributed by atoms with Crippen molar-refractivity contribution < 1.29 is 0 Å². The fourth-order valence-corrected chi connectivity index (χ4v) is 2.71. The fourth-order valence-electron chi connectivity index (χ4n) is 2.46. The van der Waals surface area contributed by atoms with Crippen LogP contribution in [-0.2, 0) is 0 Å². The Bertz CT molecular complexity index is 703. The topological polar surface area (TPSA) is 39.1 Å². The van der Waals surface area contributed by atoms with Gasteiger partial charge in [0.25, 0.3) is 0 Å². The quantitative estimate of drug-likeness (QED) is 0.853. The van der Waals surface area contributed by atoms with Crippen molar-refractivity contribution in [3.05, 3.63) is 52.0 Å². The predicted molar refractivity (Wildman–Crippen MR) is 85.5 cm³/mol. The van der Waals surface area contributed by atoms with Crippen molar-refractivity contribution >= 4 is 33.0 Å². The van der Waals surface area contributed by atoms with Gasteiger partial charge in [-0.15, -0.1) is 0 Å².